The van der Waals surface area contributed by atoms with Gasteiger partial charge in [-0.25, -0.2) is 13.8 Å². The van der Waals surface area contributed by atoms with Crippen molar-refractivity contribution in [2.75, 3.05) is 13.1 Å². The smallest absolute Gasteiger partial charge is 0.264 e. The zero-order chi connectivity index (χ0) is 20.1. The Morgan fingerprint density at radius 3 is 2.66 bits per heavy atom. The van der Waals surface area contributed by atoms with Crippen LogP contribution in [0.2, 0.25) is 0 Å². The summed E-state index contributed by atoms with van der Waals surface area (Å²) in [7, 11) is 1.75. The van der Waals surface area contributed by atoms with Crippen LogP contribution in [-0.4, -0.2) is 32.4 Å². The molecule has 1 saturated heterocycles. The third-order valence-corrected chi connectivity index (χ3v) is 5.56. The Kier molecular flexibility index (Phi) is 4.16. The zero-order valence-electron chi connectivity index (χ0n) is 15.8. The van der Waals surface area contributed by atoms with Gasteiger partial charge in [-0.15, -0.1) is 0 Å². The fourth-order valence-corrected chi connectivity index (χ4v) is 4.10. The zero-order valence-corrected chi connectivity index (χ0v) is 15.8. The lowest BCUT2D eigenvalue weighted by Crippen LogP contribution is -2.34. The lowest BCUT2D eigenvalue weighted by atomic mass is 10.0. The highest BCUT2D eigenvalue weighted by Crippen LogP contribution is 2.30. The van der Waals surface area contributed by atoms with Gasteiger partial charge >= 0.3 is 0 Å². The highest BCUT2D eigenvalue weighted by molar-refractivity contribution is 5.88. The number of hydrogen-bond acceptors (Lipinski definition) is 4. The van der Waals surface area contributed by atoms with Gasteiger partial charge in [-0.2, -0.15) is 5.10 Å². The van der Waals surface area contributed by atoms with Crippen molar-refractivity contribution in [3.63, 3.8) is 0 Å². The molecule has 0 amide bonds. The van der Waals surface area contributed by atoms with Gasteiger partial charge < -0.3 is 5.32 Å². The second kappa shape index (κ2) is 6.73. The number of fused-ring (bicyclic) bond motifs is 2. The van der Waals surface area contributed by atoms with Crippen molar-refractivity contribution in [3.8, 4) is 11.1 Å². The molecular weight excluding hydrogens is 376 g/mol. The third kappa shape index (κ3) is 3.00. The molecule has 2 aromatic carbocycles. The summed E-state index contributed by atoms with van der Waals surface area (Å²) in [4.78, 5) is 17.2. The Balaban J connectivity index is 1.65. The highest BCUT2D eigenvalue weighted by Gasteiger charge is 2.20. The predicted molar refractivity (Wildman–Crippen MR) is 107 cm³/mol. The molecule has 1 N–H and O–H groups in total. The van der Waals surface area contributed by atoms with Gasteiger partial charge in [-0.3, -0.25) is 14.0 Å². The summed E-state index contributed by atoms with van der Waals surface area (Å²) in [6, 6.07) is 5.74. The molecule has 0 unspecified atom stereocenters. The molecule has 6 nitrogen and oxygen atoms in total. The maximum atomic E-state index is 15.0. The summed E-state index contributed by atoms with van der Waals surface area (Å²) in [6.07, 6.45) is 4.84. The second-order valence-electron chi connectivity index (χ2n) is 7.48. The van der Waals surface area contributed by atoms with Gasteiger partial charge in [0.1, 0.15) is 17.0 Å². The minimum atomic E-state index is -0.691. The molecule has 1 fully saturated rings. The van der Waals surface area contributed by atoms with Crippen LogP contribution in [0.25, 0.3) is 32.9 Å². The average Bonchev–Trinajstić information content (AvgIpc) is 3.06. The van der Waals surface area contributed by atoms with Gasteiger partial charge in [0, 0.05) is 36.3 Å². The van der Waals surface area contributed by atoms with E-state index in [1.165, 1.54) is 23.0 Å². The van der Waals surface area contributed by atoms with Crippen molar-refractivity contribution in [3.05, 3.63) is 58.8 Å². The Hall–Kier alpha value is -3.13. The van der Waals surface area contributed by atoms with Gasteiger partial charge in [0.25, 0.3) is 5.56 Å². The van der Waals surface area contributed by atoms with Crippen LogP contribution in [0.5, 0.6) is 0 Å². The van der Waals surface area contributed by atoms with E-state index in [1.54, 1.807) is 30.1 Å². The van der Waals surface area contributed by atoms with Crippen LogP contribution >= 0.6 is 0 Å². The maximum absolute atomic E-state index is 15.0. The topological polar surface area (TPSA) is 64.7 Å². The highest BCUT2D eigenvalue weighted by atomic mass is 19.1. The molecule has 5 rings (SSSR count). The molecule has 1 aliphatic rings. The van der Waals surface area contributed by atoms with Crippen LogP contribution in [0.1, 0.15) is 18.9 Å². The first-order chi connectivity index (χ1) is 14.0. The number of aryl methyl sites for hydroxylation is 1. The van der Waals surface area contributed by atoms with Crippen molar-refractivity contribution < 1.29 is 8.78 Å². The normalized spacial score (nSPS) is 15.4. The number of rotatable bonds is 2. The Morgan fingerprint density at radius 1 is 1.07 bits per heavy atom. The van der Waals surface area contributed by atoms with Crippen molar-refractivity contribution in [2.24, 2.45) is 7.05 Å². The SMILES string of the molecule is Cn1cc2cc(-c3cc(F)c4c(=O)n(C5CCNCC5)cnc4c3)c(F)cc2n1. The molecule has 0 atom stereocenters. The van der Waals surface area contributed by atoms with Crippen molar-refractivity contribution in [2.45, 2.75) is 18.9 Å². The van der Waals surface area contributed by atoms with Crippen molar-refractivity contribution in [1.82, 2.24) is 24.6 Å². The molecule has 1 aliphatic heterocycles. The van der Waals surface area contributed by atoms with Gasteiger partial charge in [0.15, 0.2) is 0 Å². The molecule has 4 aromatic rings. The Morgan fingerprint density at radius 2 is 1.86 bits per heavy atom. The summed E-state index contributed by atoms with van der Waals surface area (Å²) in [5, 5.41) is 8.12. The van der Waals surface area contributed by atoms with Gasteiger partial charge in [-0.05, 0) is 49.7 Å². The molecule has 3 heterocycles. The minimum Gasteiger partial charge on any atom is -0.317 e. The number of aromatic nitrogens is 4. The number of nitrogens with zero attached hydrogens (tertiary/aromatic N) is 4. The molecular formula is C21H19F2N5O. The largest absolute Gasteiger partial charge is 0.317 e. The van der Waals surface area contributed by atoms with Gasteiger partial charge in [0.05, 0.1) is 17.4 Å². The first kappa shape index (κ1) is 17.9. The van der Waals surface area contributed by atoms with E-state index in [2.05, 4.69) is 15.4 Å². The fourth-order valence-electron chi connectivity index (χ4n) is 4.10. The van der Waals surface area contributed by atoms with Crippen LogP contribution in [-0.2, 0) is 7.05 Å². The molecule has 29 heavy (non-hydrogen) atoms. The number of piperidine rings is 1. The van der Waals surface area contributed by atoms with E-state index in [9.17, 15) is 13.6 Å². The van der Waals surface area contributed by atoms with Crippen LogP contribution in [0.15, 0.2) is 41.6 Å². The van der Waals surface area contributed by atoms with E-state index in [0.29, 0.717) is 11.1 Å². The van der Waals surface area contributed by atoms with E-state index < -0.39 is 17.2 Å². The lowest BCUT2D eigenvalue weighted by molar-refractivity contribution is 0.359. The molecule has 2 aromatic heterocycles. The maximum Gasteiger partial charge on any atom is 0.264 e. The molecule has 8 heteroatoms. The molecule has 0 saturated carbocycles. The summed E-state index contributed by atoms with van der Waals surface area (Å²) in [5.41, 5.74) is 0.938. The van der Waals surface area contributed by atoms with E-state index in [0.717, 1.165) is 31.3 Å². The van der Waals surface area contributed by atoms with Crippen LogP contribution in [0, 0.1) is 11.6 Å². The third-order valence-electron chi connectivity index (χ3n) is 5.56. The van der Waals surface area contributed by atoms with Crippen LogP contribution in [0.4, 0.5) is 8.78 Å². The number of halogens is 2. The molecule has 0 aliphatic carbocycles. The van der Waals surface area contributed by atoms with Gasteiger partial charge in [-0.1, -0.05) is 0 Å². The summed E-state index contributed by atoms with van der Waals surface area (Å²) < 4.78 is 32.8. The first-order valence-corrected chi connectivity index (χ1v) is 9.55. The van der Waals surface area contributed by atoms with E-state index >= 15 is 0 Å². The predicted octanol–water partition coefficient (Wildman–Crippen LogP) is 3.15. The molecule has 0 bridgehead atoms. The number of benzene rings is 2. The standard InChI is InChI=1S/C21H19F2N5O/c1-27-10-13-6-15(16(22)9-18(13)26-27)12-7-17(23)20-19(8-12)25-11-28(21(20)29)14-2-4-24-5-3-14/h6-11,14,24H,2-5H2,1H3. The van der Waals surface area contributed by atoms with E-state index in [1.807, 2.05) is 0 Å². The van der Waals surface area contributed by atoms with Gasteiger partial charge in [0.2, 0.25) is 0 Å². The Bertz CT molecular complexity index is 1300. The average molecular weight is 395 g/mol. The van der Waals surface area contributed by atoms with Crippen LogP contribution in [0.3, 0.4) is 0 Å². The van der Waals surface area contributed by atoms with E-state index in [-0.39, 0.29) is 22.5 Å². The van der Waals surface area contributed by atoms with E-state index in [4.69, 9.17) is 0 Å². The molecule has 0 spiro atoms. The lowest BCUT2D eigenvalue weighted by Gasteiger charge is -2.24. The Labute approximate surface area is 164 Å². The summed E-state index contributed by atoms with van der Waals surface area (Å²) in [5.74, 6) is -1.19. The second-order valence-corrected chi connectivity index (χ2v) is 7.48. The minimum absolute atomic E-state index is 0.00478. The van der Waals surface area contributed by atoms with Crippen molar-refractivity contribution >= 4 is 21.8 Å². The summed E-state index contributed by atoms with van der Waals surface area (Å²) >= 11 is 0. The first-order valence-electron chi connectivity index (χ1n) is 9.55. The molecule has 148 valence electrons. The summed E-state index contributed by atoms with van der Waals surface area (Å²) in [6.45, 7) is 1.62. The quantitative estimate of drug-likeness (QED) is 0.566. The fraction of sp³-hybridized carbons (Fsp3) is 0.286. The number of nitrogens with one attached hydrogen (secondary N) is 1. The monoisotopic (exact) mass is 395 g/mol. The molecule has 0 radical (unpaired) electrons. The number of hydrogen-bond donors (Lipinski definition) is 1. The van der Waals surface area contributed by atoms with Crippen molar-refractivity contribution in [1.29, 1.82) is 0 Å². The van der Waals surface area contributed by atoms with Crippen LogP contribution < -0.4 is 10.9 Å².